The molecule has 0 aliphatic carbocycles. The van der Waals surface area contributed by atoms with Crippen molar-refractivity contribution in [1.82, 2.24) is 0 Å². The molecular weight excluding hydrogens is 326 g/mol. The second-order valence-electron chi connectivity index (χ2n) is 4.59. The topological polar surface area (TPSA) is 64.6 Å². The lowest BCUT2D eigenvalue weighted by molar-refractivity contribution is 0.412. The van der Waals surface area contributed by atoms with Crippen molar-refractivity contribution in [2.75, 3.05) is 18.9 Å². The number of methoxy groups -OCH3 is 2. The zero-order chi connectivity index (χ0) is 16.3. The molecule has 2 aromatic rings. The van der Waals surface area contributed by atoms with Gasteiger partial charge < -0.3 is 9.47 Å². The minimum Gasteiger partial charge on any atom is -0.496 e. The molecule has 0 spiro atoms. The Morgan fingerprint density at radius 3 is 2.18 bits per heavy atom. The lowest BCUT2D eigenvalue weighted by Gasteiger charge is -2.11. The third-order valence-electron chi connectivity index (χ3n) is 3.08. The van der Waals surface area contributed by atoms with Gasteiger partial charge >= 0.3 is 0 Å². The summed E-state index contributed by atoms with van der Waals surface area (Å²) in [5.74, 6) is 1.11. The summed E-state index contributed by atoms with van der Waals surface area (Å²) in [5, 5.41) is 0.233. The number of ether oxygens (including phenoxy) is 2. The molecule has 0 fully saturated rings. The van der Waals surface area contributed by atoms with Crippen molar-refractivity contribution in [3.8, 4) is 11.5 Å². The Bertz CT molecular complexity index is 790. The summed E-state index contributed by atoms with van der Waals surface area (Å²) in [4.78, 5) is 0.0618. The first-order valence-corrected chi connectivity index (χ1v) is 8.24. The Morgan fingerprint density at radius 2 is 1.64 bits per heavy atom. The fraction of sp³-hybridized carbons (Fsp3) is 0.200. The Balaban J connectivity index is 2.31. The van der Waals surface area contributed by atoms with E-state index in [4.69, 9.17) is 21.1 Å². The van der Waals surface area contributed by atoms with Gasteiger partial charge in [0, 0.05) is 5.69 Å². The molecule has 0 aliphatic rings. The van der Waals surface area contributed by atoms with Crippen LogP contribution in [-0.4, -0.2) is 22.6 Å². The van der Waals surface area contributed by atoms with Crippen LogP contribution in [0.1, 0.15) is 5.56 Å². The van der Waals surface area contributed by atoms with E-state index in [2.05, 4.69) is 4.72 Å². The van der Waals surface area contributed by atoms with Gasteiger partial charge in [-0.25, -0.2) is 8.42 Å². The minimum absolute atomic E-state index is 0.0618. The van der Waals surface area contributed by atoms with Crippen LogP contribution in [0.25, 0.3) is 0 Å². The number of rotatable bonds is 5. The van der Waals surface area contributed by atoms with E-state index in [1.54, 1.807) is 25.3 Å². The predicted molar refractivity (Wildman–Crippen MR) is 86.5 cm³/mol. The number of halogens is 1. The highest BCUT2D eigenvalue weighted by atomic mass is 35.5. The van der Waals surface area contributed by atoms with E-state index in [9.17, 15) is 8.42 Å². The Labute approximate surface area is 134 Å². The molecule has 0 unspecified atom stereocenters. The molecule has 0 radical (unpaired) electrons. The fourth-order valence-electron chi connectivity index (χ4n) is 1.97. The summed E-state index contributed by atoms with van der Waals surface area (Å²) < 4.78 is 37.4. The Hall–Kier alpha value is -1.92. The molecule has 0 amide bonds. The molecular formula is C15H16ClNO4S. The second kappa shape index (κ2) is 6.46. The highest BCUT2D eigenvalue weighted by molar-refractivity contribution is 7.92. The molecule has 22 heavy (non-hydrogen) atoms. The van der Waals surface area contributed by atoms with Crippen molar-refractivity contribution >= 4 is 27.3 Å². The number of aryl methyl sites for hydroxylation is 1. The van der Waals surface area contributed by atoms with Gasteiger partial charge in [0.15, 0.2) is 0 Å². The zero-order valence-corrected chi connectivity index (χ0v) is 14.0. The van der Waals surface area contributed by atoms with Crippen LogP contribution < -0.4 is 14.2 Å². The van der Waals surface area contributed by atoms with E-state index in [0.717, 1.165) is 5.56 Å². The van der Waals surface area contributed by atoms with Gasteiger partial charge in [0.2, 0.25) is 0 Å². The van der Waals surface area contributed by atoms with Crippen molar-refractivity contribution in [2.45, 2.75) is 11.8 Å². The molecule has 0 bridgehead atoms. The summed E-state index contributed by atoms with van der Waals surface area (Å²) in [6.45, 7) is 1.83. The fourth-order valence-corrected chi connectivity index (χ4v) is 3.37. The van der Waals surface area contributed by atoms with Crippen molar-refractivity contribution in [1.29, 1.82) is 0 Å². The molecule has 2 aromatic carbocycles. The van der Waals surface area contributed by atoms with Crippen molar-refractivity contribution < 1.29 is 17.9 Å². The van der Waals surface area contributed by atoms with Crippen LogP contribution >= 0.6 is 11.6 Å². The van der Waals surface area contributed by atoms with Crippen molar-refractivity contribution in [3.63, 3.8) is 0 Å². The average Bonchev–Trinajstić information content (AvgIpc) is 2.47. The SMILES string of the molecule is COc1ccc(NS(=O)(=O)c2ccc(OC)c(Cl)c2)cc1C. The number of hydrogen-bond acceptors (Lipinski definition) is 4. The maximum Gasteiger partial charge on any atom is 0.261 e. The number of hydrogen-bond donors (Lipinski definition) is 1. The number of nitrogens with one attached hydrogen (secondary N) is 1. The van der Waals surface area contributed by atoms with Gasteiger partial charge in [-0.15, -0.1) is 0 Å². The van der Waals surface area contributed by atoms with E-state index in [1.165, 1.54) is 25.3 Å². The molecule has 0 saturated heterocycles. The smallest absolute Gasteiger partial charge is 0.261 e. The molecule has 5 nitrogen and oxygen atoms in total. The van der Waals surface area contributed by atoms with Gasteiger partial charge in [-0.1, -0.05) is 11.6 Å². The van der Waals surface area contributed by atoms with Gasteiger partial charge in [-0.3, -0.25) is 4.72 Å². The first-order valence-electron chi connectivity index (χ1n) is 6.38. The van der Waals surface area contributed by atoms with Crippen LogP contribution in [0.15, 0.2) is 41.3 Å². The van der Waals surface area contributed by atoms with Crippen LogP contribution in [0.3, 0.4) is 0 Å². The predicted octanol–water partition coefficient (Wildman–Crippen LogP) is 3.47. The normalized spacial score (nSPS) is 11.1. The van der Waals surface area contributed by atoms with Crippen molar-refractivity contribution in [2.24, 2.45) is 0 Å². The summed E-state index contributed by atoms with van der Waals surface area (Å²) in [6, 6.07) is 9.32. The number of sulfonamides is 1. The zero-order valence-electron chi connectivity index (χ0n) is 12.4. The maximum absolute atomic E-state index is 12.4. The molecule has 0 atom stereocenters. The number of anilines is 1. The van der Waals surface area contributed by atoms with Crippen LogP contribution in [-0.2, 0) is 10.0 Å². The van der Waals surface area contributed by atoms with Gasteiger partial charge in [-0.05, 0) is 48.9 Å². The van der Waals surface area contributed by atoms with Gasteiger partial charge in [0.1, 0.15) is 11.5 Å². The quantitative estimate of drug-likeness (QED) is 0.904. The van der Waals surface area contributed by atoms with Gasteiger partial charge in [-0.2, -0.15) is 0 Å². The third-order valence-corrected chi connectivity index (χ3v) is 4.75. The second-order valence-corrected chi connectivity index (χ2v) is 6.68. The lowest BCUT2D eigenvalue weighted by atomic mass is 10.2. The largest absolute Gasteiger partial charge is 0.496 e. The van der Waals surface area contributed by atoms with Crippen LogP contribution in [0, 0.1) is 6.92 Å². The Kier molecular flexibility index (Phi) is 4.83. The molecule has 0 aromatic heterocycles. The van der Waals surface area contributed by atoms with E-state index in [1.807, 2.05) is 6.92 Å². The van der Waals surface area contributed by atoms with E-state index < -0.39 is 10.0 Å². The lowest BCUT2D eigenvalue weighted by Crippen LogP contribution is -2.13. The minimum atomic E-state index is -3.73. The summed E-state index contributed by atoms with van der Waals surface area (Å²) in [5.41, 5.74) is 1.28. The summed E-state index contributed by atoms with van der Waals surface area (Å²) >= 11 is 5.97. The first kappa shape index (κ1) is 16.5. The van der Waals surface area contributed by atoms with Crippen molar-refractivity contribution in [3.05, 3.63) is 47.0 Å². The van der Waals surface area contributed by atoms with Gasteiger partial charge in [0.25, 0.3) is 10.0 Å². The molecule has 2 rings (SSSR count). The molecule has 118 valence electrons. The number of benzene rings is 2. The summed E-state index contributed by atoms with van der Waals surface area (Å²) in [7, 11) is -0.701. The molecule has 7 heteroatoms. The maximum atomic E-state index is 12.4. The molecule has 0 aliphatic heterocycles. The van der Waals surface area contributed by atoms with Gasteiger partial charge in [0.05, 0.1) is 24.1 Å². The highest BCUT2D eigenvalue weighted by Crippen LogP contribution is 2.28. The molecule has 0 saturated carbocycles. The molecule has 1 N–H and O–H groups in total. The van der Waals surface area contributed by atoms with Crippen LogP contribution in [0.4, 0.5) is 5.69 Å². The third kappa shape index (κ3) is 3.45. The van der Waals surface area contributed by atoms with E-state index in [0.29, 0.717) is 17.2 Å². The summed E-state index contributed by atoms with van der Waals surface area (Å²) in [6.07, 6.45) is 0. The van der Waals surface area contributed by atoms with E-state index in [-0.39, 0.29) is 9.92 Å². The monoisotopic (exact) mass is 341 g/mol. The van der Waals surface area contributed by atoms with E-state index >= 15 is 0 Å². The first-order chi connectivity index (χ1) is 10.4. The van der Waals surface area contributed by atoms with Crippen LogP contribution in [0.5, 0.6) is 11.5 Å². The molecule has 0 heterocycles. The van der Waals surface area contributed by atoms with Crippen LogP contribution in [0.2, 0.25) is 5.02 Å². The average molecular weight is 342 g/mol. The Morgan fingerprint density at radius 1 is 1.00 bits per heavy atom. The standard InChI is InChI=1S/C15H16ClNO4S/c1-10-8-11(4-6-14(10)20-2)17-22(18,19)12-5-7-15(21-3)13(16)9-12/h4-9,17H,1-3H3. The highest BCUT2D eigenvalue weighted by Gasteiger charge is 2.16.